The van der Waals surface area contributed by atoms with E-state index in [-0.39, 0.29) is 12.1 Å². The van der Waals surface area contributed by atoms with E-state index >= 15 is 0 Å². The van der Waals surface area contributed by atoms with Gasteiger partial charge in [0, 0.05) is 24.9 Å². The zero-order valence-electron chi connectivity index (χ0n) is 9.44. The first-order valence-electron chi connectivity index (χ1n) is 5.53. The number of alkyl halides is 3. The van der Waals surface area contributed by atoms with Crippen molar-refractivity contribution in [3.63, 3.8) is 0 Å². The smallest absolute Gasteiger partial charge is 0.331 e. The predicted octanol–water partition coefficient (Wildman–Crippen LogP) is 2.19. The van der Waals surface area contributed by atoms with Crippen LogP contribution in [0.15, 0.2) is 24.4 Å². The van der Waals surface area contributed by atoms with Crippen LogP contribution in [0, 0.1) is 0 Å². The molecular formula is C11H12F3N3O. The Bertz CT molecular complexity index is 439. The highest BCUT2D eigenvalue weighted by atomic mass is 19.4. The molecule has 1 aromatic heterocycles. The SMILES string of the molecule is O=C(/C=C/C(F)(F)F)N1CCC[C@@H]1c1ccn[nH]1. The molecule has 7 heteroatoms. The van der Waals surface area contributed by atoms with Crippen molar-refractivity contribution in [2.75, 3.05) is 6.54 Å². The standard InChI is InChI=1S/C11H12F3N3O/c12-11(13,14)5-3-10(18)17-7-1-2-9(17)8-4-6-15-16-8/h3-6,9H,1-2,7H2,(H,15,16)/b5-3+/t9-/m1/s1. The number of rotatable bonds is 2. The maximum atomic E-state index is 12.0. The van der Waals surface area contributed by atoms with Crippen molar-refractivity contribution in [3.8, 4) is 0 Å². The number of H-pyrrole nitrogens is 1. The van der Waals surface area contributed by atoms with Crippen LogP contribution in [0.2, 0.25) is 0 Å². The second-order valence-corrected chi connectivity index (χ2v) is 4.08. The van der Waals surface area contributed by atoms with Gasteiger partial charge in [-0.2, -0.15) is 18.3 Å². The van der Waals surface area contributed by atoms with Gasteiger partial charge in [0.2, 0.25) is 5.91 Å². The summed E-state index contributed by atoms with van der Waals surface area (Å²) in [6, 6.07) is 1.52. The number of carbonyl (C=O) groups excluding carboxylic acids is 1. The Balaban J connectivity index is 2.08. The molecule has 18 heavy (non-hydrogen) atoms. The zero-order chi connectivity index (χ0) is 13.2. The minimum atomic E-state index is -4.46. The topological polar surface area (TPSA) is 49.0 Å². The lowest BCUT2D eigenvalue weighted by atomic mass is 10.1. The summed E-state index contributed by atoms with van der Waals surface area (Å²) in [6.07, 6.45) is -0.851. The zero-order valence-corrected chi connectivity index (χ0v) is 9.44. The van der Waals surface area contributed by atoms with Gasteiger partial charge in [0.15, 0.2) is 0 Å². The lowest BCUT2D eigenvalue weighted by Gasteiger charge is -2.22. The molecule has 0 radical (unpaired) electrons. The van der Waals surface area contributed by atoms with Crippen LogP contribution in [0.4, 0.5) is 13.2 Å². The van der Waals surface area contributed by atoms with Crippen molar-refractivity contribution in [2.24, 2.45) is 0 Å². The molecule has 0 aromatic carbocycles. The number of aromatic amines is 1. The molecular weight excluding hydrogens is 247 g/mol. The normalized spacial score (nSPS) is 20.8. The van der Waals surface area contributed by atoms with Crippen LogP contribution >= 0.6 is 0 Å². The second-order valence-electron chi connectivity index (χ2n) is 4.08. The molecule has 0 unspecified atom stereocenters. The van der Waals surface area contributed by atoms with Crippen LogP contribution in [0.25, 0.3) is 0 Å². The van der Waals surface area contributed by atoms with E-state index in [1.807, 2.05) is 0 Å². The molecule has 1 fully saturated rings. The number of likely N-dealkylation sites (tertiary alicyclic amines) is 1. The Morgan fingerprint density at radius 2 is 2.33 bits per heavy atom. The van der Waals surface area contributed by atoms with Crippen LogP contribution in [0.1, 0.15) is 24.6 Å². The predicted molar refractivity (Wildman–Crippen MR) is 57.5 cm³/mol. The number of aromatic nitrogens is 2. The third-order valence-electron chi connectivity index (χ3n) is 2.83. The lowest BCUT2D eigenvalue weighted by Crippen LogP contribution is -2.29. The monoisotopic (exact) mass is 259 g/mol. The molecule has 0 aliphatic carbocycles. The third-order valence-corrected chi connectivity index (χ3v) is 2.83. The van der Waals surface area contributed by atoms with Crippen molar-refractivity contribution in [2.45, 2.75) is 25.1 Å². The van der Waals surface area contributed by atoms with Gasteiger partial charge in [-0.3, -0.25) is 9.89 Å². The van der Waals surface area contributed by atoms with E-state index < -0.39 is 12.1 Å². The first kappa shape index (κ1) is 12.7. The van der Waals surface area contributed by atoms with E-state index in [9.17, 15) is 18.0 Å². The van der Waals surface area contributed by atoms with Gasteiger partial charge in [-0.1, -0.05) is 0 Å². The van der Waals surface area contributed by atoms with Crippen LogP contribution in [0.5, 0.6) is 0 Å². The van der Waals surface area contributed by atoms with Gasteiger partial charge >= 0.3 is 6.18 Å². The molecule has 1 aromatic rings. The highest BCUT2D eigenvalue weighted by molar-refractivity contribution is 5.88. The number of allylic oxidation sites excluding steroid dienone is 1. The molecule has 1 aliphatic rings. The first-order chi connectivity index (χ1) is 8.47. The molecule has 0 spiro atoms. The number of nitrogens with zero attached hydrogens (tertiary/aromatic N) is 2. The Kier molecular flexibility index (Phi) is 3.40. The van der Waals surface area contributed by atoms with Crippen LogP contribution < -0.4 is 0 Å². The maximum absolute atomic E-state index is 12.0. The summed E-state index contributed by atoms with van der Waals surface area (Å²) >= 11 is 0. The van der Waals surface area contributed by atoms with Crippen molar-refractivity contribution in [1.82, 2.24) is 15.1 Å². The molecule has 1 N–H and O–H groups in total. The molecule has 2 heterocycles. The van der Waals surface area contributed by atoms with Gasteiger partial charge in [-0.25, -0.2) is 0 Å². The van der Waals surface area contributed by atoms with Crippen molar-refractivity contribution in [1.29, 1.82) is 0 Å². The van der Waals surface area contributed by atoms with Crippen molar-refractivity contribution >= 4 is 5.91 Å². The molecule has 1 atom stereocenters. The van der Waals surface area contributed by atoms with Crippen LogP contribution in [-0.2, 0) is 4.79 Å². The van der Waals surface area contributed by atoms with E-state index in [1.54, 1.807) is 12.3 Å². The first-order valence-corrected chi connectivity index (χ1v) is 5.53. The van der Waals surface area contributed by atoms with Gasteiger partial charge in [0.1, 0.15) is 0 Å². The fourth-order valence-corrected chi connectivity index (χ4v) is 2.07. The molecule has 0 saturated carbocycles. The summed E-state index contributed by atoms with van der Waals surface area (Å²) in [7, 11) is 0. The largest absolute Gasteiger partial charge is 0.409 e. The summed E-state index contributed by atoms with van der Waals surface area (Å²) < 4.78 is 36.0. The summed E-state index contributed by atoms with van der Waals surface area (Å²) in [4.78, 5) is 13.1. The molecule has 98 valence electrons. The number of hydrogen-bond donors (Lipinski definition) is 1. The number of carbonyl (C=O) groups is 1. The van der Waals surface area contributed by atoms with E-state index in [4.69, 9.17) is 0 Å². The number of nitrogens with one attached hydrogen (secondary N) is 1. The van der Waals surface area contributed by atoms with Crippen molar-refractivity contribution in [3.05, 3.63) is 30.1 Å². The lowest BCUT2D eigenvalue weighted by molar-refractivity contribution is -0.127. The van der Waals surface area contributed by atoms with Crippen LogP contribution in [-0.4, -0.2) is 33.7 Å². The van der Waals surface area contributed by atoms with Crippen molar-refractivity contribution < 1.29 is 18.0 Å². The van der Waals surface area contributed by atoms with E-state index in [0.29, 0.717) is 12.6 Å². The summed E-state index contributed by atoms with van der Waals surface area (Å²) in [5.41, 5.74) is 0.751. The van der Waals surface area contributed by atoms with Gasteiger partial charge < -0.3 is 4.90 Å². The molecule has 2 rings (SSSR count). The second kappa shape index (κ2) is 4.83. The maximum Gasteiger partial charge on any atom is 0.409 e. The molecule has 0 bridgehead atoms. The fourth-order valence-electron chi connectivity index (χ4n) is 2.07. The van der Waals surface area contributed by atoms with E-state index in [0.717, 1.165) is 18.5 Å². The molecule has 1 aliphatic heterocycles. The summed E-state index contributed by atoms with van der Waals surface area (Å²) in [5, 5.41) is 6.53. The van der Waals surface area contributed by atoms with Gasteiger partial charge in [0.25, 0.3) is 0 Å². The Morgan fingerprint density at radius 3 is 2.94 bits per heavy atom. The Morgan fingerprint density at radius 1 is 1.56 bits per heavy atom. The highest BCUT2D eigenvalue weighted by Crippen LogP contribution is 2.30. The van der Waals surface area contributed by atoms with Crippen LogP contribution in [0.3, 0.4) is 0 Å². The minimum absolute atomic E-state index is 0.0301. The highest BCUT2D eigenvalue weighted by Gasteiger charge is 2.30. The summed E-state index contributed by atoms with van der Waals surface area (Å²) in [6.45, 7) is 0.463. The molecule has 4 nitrogen and oxygen atoms in total. The Hall–Kier alpha value is -1.79. The number of hydrogen-bond acceptors (Lipinski definition) is 2. The Labute approximate surface area is 101 Å². The molecule has 1 saturated heterocycles. The number of amides is 1. The third kappa shape index (κ3) is 2.91. The average Bonchev–Trinajstić information content (AvgIpc) is 2.94. The fraction of sp³-hybridized carbons (Fsp3) is 0.455. The summed E-state index contributed by atoms with van der Waals surface area (Å²) in [5.74, 6) is -0.621. The van der Waals surface area contributed by atoms with E-state index in [2.05, 4.69) is 10.2 Å². The number of halogens is 3. The quantitative estimate of drug-likeness (QED) is 0.828. The van der Waals surface area contributed by atoms with Gasteiger partial charge in [0.05, 0.1) is 11.7 Å². The average molecular weight is 259 g/mol. The van der Waals surface area contributed by atoms with Gasteiger partial charge in [-0.05, 0) is 18.9 Å². The minimum Gasteiger partial charge on any atom is -0.331 e. The molecule has 1 amide bonds. The van der Waals surface area contributed by atoms with Gasteiger partial charge in [-0.15, -0.1) is 0 Å². The van der Waals surface area contributed by atoms with E-state index in [1.165, 1.54) is 4.90 Å².